The predicted molar refractivity (Wildman–Crippen MR) is 73.3 cm³/mol. The summed E-state index contributed by atoms with van der Waals surface area (Å²) in [7, 11) is 2.94. The van der Waals surface area contributed by atoms with Crippen LogP contribution in [0.1, 0.15) is 13.3 Å². The van der Waals surface area contributed by atoms with Crippen LogP contribution in [0.2, 0.25) is 0 Å². The Morgan fingerprint density at radius 1 is 1.44 bits per heavy atom. The van der Waals surface area contributed by atoms with Gasteiger partial charge in [-0.05, 0) is 24.6 Å². The molecule has 0 heterocycles. The minimum Gasteiger partial charge on any atom is -0.468 e. The van der Waals surface area contributed by atoms with Crippen molar-refractivity contribution in [3.05, 3.63) is 28.7 Å². The number of carbonyl (C=O) groups is 2. The van der Waals surface area contributed by atoms with Crippen molar-refractivity contribution in [2.24, 2.45) is 5.92 Å². The normalized spacial score (nSPS) is 11.8. The molecule has 1 unspecified atom stereocenters. The van der Waals surface area contributed by atoms with Gasteiger partial charge in [-0.25, -0.2) is 0 Å². The molecule has 1 aromatic carbocycles. The van der Waals surface area contributed by atoms with Crippen LogP contribution in [0.5, 0.6) is 0 Å². The van der Waals surface area contributed by atoms with E-state index in [2.05, 4.69) is 20.7 Å². The zero-order valence-corrected chi connectivity index (χ0v) is 12.2. The number of hydrogen-bond donors (Lipinski definition) is 0. The molecule has 1 amide bonds. The summed E-state index contributed by atoms with van der Waals surface area (Å²) in [5, 5.41) is 0. The fourth-order valence-corrected chi connectivity index (χ4v) is 2.02. The number of methoxy groups -OCH3 is 1. The van der Waals surface area contributed by atoms with E-state index in [1.165, 1.54) is 12.0 Å². The van der Waals surface area contributed by atoms with Crippen LogP contribution in [-0.2, 0) is 14.3 Å². The number of hydrogen-bond acceptors (Lipinski definition) is 3. The first kappa shape index (κ1) is 14.7. The summed E-state index contributed by atoms with van der Waals surface area (Å²) in [6, 6.07) is 7.34. The molecular weight excluding hydrogens is 298 g/mol. The van der Waals surface area contributed by atoms with Crippen LogP contribution < -0.4 is 4.90 Å². The SMILES string of the molecule is CCC(C(=O)OC)C(=O)N(C)c1cccc(Br)c1. The Morgan fingerprint density at radius 2 is 2.11 bits per heavy atom. The topological polar surface area (TPSA) is 46.6 Å². The van der Waals surface area contributed by atoms with Gasteiger partial charge in [-0.3, -0.25) is 9.59 Å². The molecule has 0 fully saturated rings. The van der Waals surface area contributed by atoms with E-state index in [0.29, 0.717) is 6.42 Å². The van der Waals surface area contributed by atoms with Gasteiger partial charge in [0.2, 0.25) is 5.91 Å². The van der Waals surface area contributed by atoms with Gasteiger partial charge in [0, 0.05) is 17.2 Å². The summed E-state index contributed by atoms with van der Waals surface area (Å²) < 4.78 is 5.52. The minimum atomic E-state index is -0.751. The quantitative estimate of drug-likeness (QED) is 0.634. The molecule has 0 aliphatic heterocycles. The third-order valence-electron chi connectivity index (χ3n) is 2.72. The molecule has 1 rings (SSSR count). The van der Waals surface area contributed by atoms with E-state index >= 15 is 0 Å². The highest BCUT2D eigenvalue weighted by atomic mass is 79.9. The maximum atomic E-state index is 12.2. The van der Waals surface area contributed by atoms with Crippen molar-refractivity contribution < 1.29 is 14.3 Å². The lowest BCUT2D eigenvalue weighted by atomic mass is 10.1. The average Bonchev–Trinajstić information content (AvgIpc) is 2.38. The molecule has 0 spiro atoms. The van der Waals surface area contributed by atoms with E-state index < -0.39 is 11.9 Å². The Morgan fingerprint density at radius 3 is 2.61 bits per heavy atom. The van der Waals surface area contributed by atoms with E-state index in [1.54, 1.807) is 14.0 Å². The number of benzene rings is 1. The van der Waals surface area contributed by atoms with Crippen LogP contribution in [0.15, 0.2) is 28.7 Å². The van der Waals surface area contributed by atoms with Gasteiger partial charge >= 0.3 is 5.97 Å². The number of nitrogens with zero attached hydrogens (tertiary/aromatic N) is 1. The van der Waals surface area contributed by atoms with Crippen LogP contribution in [0.3, 0.4) is 0 Å². The zero-order valence-electron chi connectivity index (χ0n) is 10.6. The number of carbonyl (C=O) groups excluding carboxylic acids is 2. The highest BCUT2D eigenvalue weighted by molar-refractivity contribution is 9.10. The van der Waals surface area contributed by atoms with Gasteiger partial charge in [0.1, 0.15) is 5.92 Å². The number of halogens is 1. The van der Waals surface area contributed by atoms with Gasteiger partial charge in [-0.2, -0.15) is 0 Å². The lowest BCUT2D eigenvalue weighted by Gasteiger charge is -2.21. The number of amides is 1. The minimum absolute atomic E-state index is 0.262. The maximum Gasteiger partial charge on any atom is 0.318 e. The third kappa shape index (κ3) is 3.32. The molecule has 5 heteroatoms. The lowest BCUT2D eigenvalue weighted by molar-refractivity contribution is -0.149. The van der Waals surface area contributed by atoms with Gasteiger partial charge in [0.25, 0.3) is 0 Å². The van der Waals surface area contributed by atoms with Crippen molar-refractivity contribution >= 4 is 33.5 Å². The molecule has 0 radical (unpaired) electrons. The summed E-state index contributed by atoms with van der Waals surface area (Å²) in [6.45, 7) is 1.79. The van der Waals surface area contributed by atoms with Crippen molar-refractivity contribution in [2.45, 2.75) is 13.3 Å². The van der Waals surface area contributed by atoms with E-state index in [4.69, 9.17) is 0 Å². The molecule has 0 saturated heterocycles. The molecule has 4 nitrogen and oxygen atoms in total. The molecule has 18 heavy (non-hydrogen) atoms. The highest BCUT2D eigenvalue weighted by Gasteiger charge is 2.28. The van der Waals surface area contributed by atoms with Gasteiger partial charge in [0.15, 0.2) is 0 Å². The van der Waals surface area contributed by atoms with Crippen LogP contribution >= 0.6 is 15.9 Å². The summed E-state index contributed by atoms with van der Waals surface area (Å²) >= 11 is 3.35. The second-order valence-electron chi connectivity index (χ2n) is 3.86. The molecule has 1 aromatic rings. The molecule has 0 aromatic heterocycles. The second kappa shape index (κ2) is 6.54. The summed E-state index contributed by atoms with van der Waals surface area (Å²) in [5.41, 5.74) is 0.733. The molecular formula is C13H16BrNO3. The van der Waals surface area contributed by atoms with Gasteiger partial charge in [0.05, 0.1) is 7.11 Å². The fourth-order valence-electron chi connectivity index (χ4n) is 1.63. The van der Waals surface area contributed by atoms with E-state index in [1.807, 2.05) is 24.3 Å². The van der Waals surface area contributed by atoms with Gasteiger partial charge in [-0.1, -0.05) is 28.9 Å². The van der Waals surface area contributed by atoms with Crippen molar-refractivity contribution in [1.82, 2.24) is 0 Å². The van der Waals surface area contributed by atoms with Gasteiger partial charge in [-0.15, -0.1) is 0 Å². The second-order valence-corrected chi connectivity index (χ2v) is 4.78. The number of anilines is 1. The molecule has 0 N–H and O–H groups in total. The molecule has 1 atom stereocenters. The Bertz CT molecular complexity index is 448. The van der Waals surface area contributed by atoms with Crippen molar-refractivity contribution in [2.75, 3.05) is 19.1 Å². The smallest absolute Gasteiger partial charge is 0.318 e. The average molecular weight is 314 g/mol. The monoisotopic (exact) mass is 313 g/mol. The van der Waals surface area contributed by atoms with Crippen LogP contribution in [0.25, 0.3) is 0 Å². The predicted octanol–water partition coefficient (Wildman–Crippen LogP) is 2.61. The van der Waals surface area contributed by atoms with Crippen molar-refractivity contribution in [1.29, 1.82) is 0 Å². The van der Waals surface area contributed by atoms with Crippen LogP contribution in [0, 0.1) is 5.92 Å². The number of rotatable bonds is 4. The lowest BCUT2D eigenvalue weighted by Crippen LogP contribution is -2.37. The zero-order chi connectivity index (χ0) is 13.7. The summed E-state index contributed by atoms with van der Waals surface area (Å²) in [5.74, 6) is -1.51. The van der Waals surface area contributed by atoms with Gasteiger partial charge < -0.3 is 9.64 Å². The standard InChI is InChI=1S/C13H16BrNO3/c1-4-11(13(17)18-3)12(16)15(2)10-7-5-6-9(14)8-10/h5-8,11H,4H2,1-3H3. The van der Waals surface area contributed by atoms with Crippen molar-refractivity contribution in [3.8, 4) is 0 Å². The Kier molecular flexibility index (Phi) is 5.34. The largest absolute Gasteiger partial charge is 0.468 e. The van der Waals surface area contributed by atoms with E-state index in [9.17, 15) is 9.59 Å². The van der Waals surface area contributed by atoms with Crippen LogP contribution in [-0.4, -0.2) is 26.0 Å². The first-order valence-electron chi connectivity index (χ1n) is 5.62. The third-order valence-corrected chi connectivity index (χ3v) is 3.21. The van der Waals surface area contributed by atoms with E-state index in [-0.39, 0.29) is 5.91 Å². The van der Waals surface area contributed by atoms with E-state index in [0.717, 1.165) is 10.2 Å². The first-order valence-corrected chi connectivity index (χ1v) is 6.41. The number of ether oxygens (including phenoxy) is 1. The molecule has 98 valence electrons. The molecule has 0 bridgehead atoms. The Labute approximate surface area is 115 Å². The van der Waals surface area contributed by atoms with Crippen LogP contribution in [0.4, 0.5) is 5.69 Å². The van der Waals surface area contributed by atoms with Crippen molar-refractivity contribution in [3.63, 3.8) is 0 Å². The molecule has 0 aliphatic carbocycles. The Hall–Kier alpha value is -1.36. The highest BCUT2D eigenvalue weighted by Crippen LogP contribution is 2.21. The maximum absolute atomic E-state index is 12.2. The molecule has 0 aliphatic rings. The molecule has 0 saturated carbocycles. The summed E-state index contributed by atoms with van der Waals surface area (Å²) in [6.07, 6.45) is 0.420. The number of esters is 1. The first-order chi connectivity index (χ1) is 8.51. The Balaban J connectivity index is 2.92. The fraction of sp³-hybridized carbons (Fsp3) is 0.385. The summed E-state index contributed by atoms with van der Waals surface area (Å²) in [4.78, 5) is 25.2.